The lowest BCUT2D eigenvalue weighted by atomic mass is 9.89. The monoisotopic (exact) mass is 515 g/mol. The van der Waals surface area contributed by atoms with Gasteiger partial charge in [0.15, 0.2) is 5.78 Å². The summed E-state index contributed by atoms with van der Waals surface area (Å²) in [6, 6.07) is 11.0. The van der Waals surface area contributed by atoms with Gasteiger partial charge in [0.25, 0.3) is 0 Å². The van der Waals surface area contributed by atoms with E-state index in [0.717, 1.165) is 28.7 Å². The molecule has 0 saturated carbocycles. The molecule has 1 amide bonds. The summed E-state index contributed by atoms with van der Waals surface area (Å²) in [5.74, 6) is -1.09. The molecule has 9 heteroatoms. The number of alkyl halides is 3. The molecule has 1 aliphatic rings. The quantitative estimate of drug-likeness (QED) is 0.392. The number of halogens is 5. The second-order valence-electron chi connectivity index (χ2n) is 8.17. The van der Waals surface area contributed by atoms with Crippen molar-refractivity contribution in [3.8, 4) is 0 Å². The highest BCUT2D eigenvalue weighted by molar-refractivity contribution is 8.03. The number of nitrogens with one attached hydrogen (secondary N) is 1. The fraction of sp³-hybridized carbons (Fsp3) is 0.333. The Labute approximate surface area is 204 Å². The van der Waals surface area contributed by atoms with Gasteiger partial charge >= 0.3 is 6.18 Å². The van der Waals surface area contributed by atoms with Crippen LogP contribution >= 0.6 is 35.0 Å². The summed E-state index contributed by atoms with van der Waals surface area (Å²) in [4.78, 5) is 24.1. The molecule has 3 rings (SSSR count). The average molecular weight is 516 g/mol. The summed E-state index contributed by atoms with van der Waals surface area (Å²) in [7, 11) is 0. The zero-order chi connectivity index (χ0) is 24.4. The molecular formula is C24H22Cl2F3NO2S. The largest absolute Gasteiger partial charge is 0.405 e. The van der Waals surface area contributed by atoms with Crippen LogP contribution in [0.3, 0.4) is 0 Å². The fourth-order valence-electron chi connectivity index (χ4n) is 3.67. The van der Waals surface area contributed by atoms with Crippen LogP contribution in [-0.2, 0) is 9.54 Å². The maximum atomic E-state index is 12.5. The number of thioether (sulfide) groups is 1. The number of ketones is 1. The van der Waals surface area contributed by atoms with Gasteiger partial charge in [-0.05, 0) is 66.1 Å². The smallest absolute Gasteiger partial charge is 0.347 e. The molecule has 1 N–H and O–H groups in total. The van der Waals surface area contributed by atoms with Gasteiger partial charge in [0.1, 0.15) is 6.54 Å². The lowest BCUT2D eigenvalue weighted by Gasteiger charge is -2.24. The number of Topliss-reactive ketones (excluding diaryl/α,β-unsaturated/α-hetero) is 1. The normalized spacial score (nSPS) is 18.2. The van der Waals surface area contributed by atoms with Crippen molar-refractivity contribution in [1.82, 2.24) is 5.32 Å². The number of hydrogen-bond acceptors (Lipinski definition) is 3. The highest BCUT2D eigenvalue weighted by Crippen LogP contribution is 2.51. The Kier molecular flexibility index (Phi) is 7.87. The van der Waals surface area contributed by atoms with Crippen molar-refractivity contribution >= 4 is 52.2 Å². The number of aryl methyl sites for hydroxylation is 1. The topological polar surface area (TPSA) is 46.2 Å². The molecule has 0 aromatic heterocycles. The third kappa shape index (κ3) is 6.78. The van der Waals surface area contributed by atoms with E-state index in [1.165, 1.54) is 0 Å². The summed E-state index contributed by atoms with van der Waals surface area (Å²) in [5.41, 5.74) is 4.34. The van der Waals surface area contributed by atoms with Gasteiger partial charge < -0.3 is 5.32 Å². The molecule has 0 saturated heterocycles. The van der Waals surface area contributed by atoms with Crippen molar-refractivity contribution in [3.63, 3.8) is 0 Å². The van der Waals surface area contributed by atoms with Crippen LogP contribution < -0.4 is 5.32 Å². The van der Waals surface area contributed by atoms with E-state index in [1.807, 2.05) is 24.3 Å². The predicted molar refractivity (Wildman–Crippen MR) is 128 cm³/mol. The third-order valence-corrected chi connectivity index (χ3v) is 7.16. The van der Waals surface area contributed by atoms with Crippen molar-refractivity contribution in [2.45, 2.75) is 44.0 Å². The van der Waals surface area contributed by atoms with Crippen LogP contribution in [0.1, 0.15) is 53.2 Å². The van der Waals surface area contributed by atoms with Gasteiger partial charge in [-0.3, -0.25) is 9.59 Å². The lowest BCUT2D eigenvalue weighted by molar-refractivity contribution is -0.138. The average Bonchev–Trinajstić information content (AvgIpc) is 3.13. The zero-order valence-corrected chi connectivity index (χ0v) is 20.3. The minimum absolute atomic E-state index is 0.157. The van der Waals surface area contributed by atoms with Gasteiger partial charge in [0, 0.05) is 33.2 Å². The van der Waals surface area contributed by atoms with E-state index in [1.54, 1.807) is 36.1 Å². The van der Waals surface area contributed by atoms with E-state index in [9.17, 15) is 22.8 Å². The van der Waals surface area contributed by atoms with Crippen LogP contribution in [0.15, 0.2) is 41.8 Å². The van der Waals surface area contributed by atoms with E-state index in [2.05, 4.69) is 12.3 Å². The van der Waals surface area contributed by atoms with Crippen molar-refractivity contribution in [2.75, 3.05) is 6.54 Å². The van der Waals surface area contributed by atoms with Crippen LogP contribution in [0.5, 0.6) is 0 Å². The Morgan fingerprint density at radius 2 is 1.76 bits per heavy atom. The standard InChI is InChI=1S/C24H22Cl2F3NO2S/c1-14-7-15(3-4-20(14)21(31)5-6-22(32)30-13-24(27,28)29)16-11-23(2,33-12-16)17-8-18(25)10-19(26)9-17/h3-4,7-10,12H,5-6,11,13H2,1-2H3,(H,30,32). The molecule has 1 unspecified atom stereocenters. The number of benzene rings is 2. The lowest BCUT2D eigenvalue weighted by Crippen LogP contribution is -2.33. The number of amides is 1. The SMILES string of the molecule is Cc1cc(C2=CSC(C)(c3cc(Cl)cc(Cl)c3)C2)ccc1C(=O)CCC(=O)NCC(F)(F)F. The summed E-state index contributed by atoms with van der Waals surface area (Å²) in [5, 5.41) is 5.03. The first-order chi connectivity index (χ1) is 15.4. The third-order valence-electron chi connectivity index (χ3n) is 5.43. The first-order valence-electron chi connectivity index (χ1n) is 10.2. The van der Waals surface area contributed by atoms with E-state index in [0.29, 0.717) is 15.6 Å². The van der Waals surface area contributed by atoms with Gasteiger partial charge in [-0.25, -0.2) is 0 Å². The van der Waals surface area contributed by atoms with Crippen LogP contribution in [0, 0.1) is 6.92 Å². The van der Waals surface area contributed by atoms with E-state index < -0.39 is 18.6 Å². The van der Waals surface area contributed by atoms with Gasteiger partial charge in [-0.15, -0.1) is 11.8 Å². The highest BCUT2D eigenvalue weighted by atomic mass is 35.5. The molecule has 1 atom stereocenters. The number of carbonyl (C=O) groups is 2. The summed E-state index contributed by atoms with van der Waals surface area (Å²) < 4.78 is 36.3. The summed E-state index contributed by atoms with van der Waals surface area (Å²) in [6.07, 6.45) is -4.18. The molecule has 0 bridgehead atoms. The highest BCUT2D eigenvalue weighted by Gasteiger charge is 2.34. The van der Waals surface area contributed by atoms with Gasteiger partial charge in [0.2, 0.25) is 5.91 Å². The molecule has 2 aromatic carbocycles. The molecule has 0 radical (unpaired) electrons. The number of allylic oxidation sites excluding steroid dienone is 1. The molecule has 0 aliphatic carbocycles. The molecule has 1 heterocycles. The van der Waals surface area contributed by atoms with E-state index in [4.69, 9.17) is 23.2 Å². The Balaban J connectivity index is 1.65. The fourth-order valence-corrected chi connectivity index (χ4v) is 5.31. The Bertz CT molecular complexity index is 1100. The van der Waals surface area contributed by atoms with Crippen LogP contribution in [-0.4, -0.2) is 24.4 Å². The molecule has 33 heavy (non-hydrogen) atoms. The zero-order valence-electron chi connectivity index (χ0n) is 18.0. The Morgan fingerprint density at radius 3 is 2.36 bits per heavy atom. The Hall–Kier alpha value is -1.96. The predicted octanol–water partition coefficient (Wildman–Crippen LogP) is 7.34. The van der Waals surface area contributed by atoms with Crippen molar-refractivity contribution in [3.05, 3.63) is 74.1 Å². The Morgan fingerprint density at radius 1 is 1.09 bits per heavy atom. The van der Waals surface area contributed by atoms with Gasteiger partial charge in [-0.1, -0.05) is 41.4 Å². The molecule has 2 aromatic rings. The van der Waals surface area contributed by atoms with Crippen molar-refractivity contribution in [1.29, 1.82) is 0 Å². The van der Waals surface area contributed by atoms with Gasteiger partial charge in [0.05, 0.1) is 0 Å². The van der Waals surface area contributed by atoms with Crippen molar-refractivity contribution < 1.29 is 22.8 Å². The molecule has 0 spiro atoms. The summed E-state index contributed by atoms with van der Waals surface area (Å²) >= 11 is 14.0. The minimum atomic E-state index is -4.48. The molecule has 1 aliphatic heterocycles. The second-order valence-corrected chi connectivity index (χ2v) is 10.4. The second kappa shape index (κ2) is 10.1. The van der Waals surface area contributed by atoms with Gasteiger partial charge in [-0.2, -0.15) is 13.2 Å². The maximum absolute atomic E-state index is 12.5. The number of rotatable bonds is 7. The molecular weight excluding hydrogens is 494 g/mol. The maximum Gasteiger partial charge on any atom is 0.405 e. The van der Waals surface area contributed by atoms with E-state index in [-0.39, 0.29) is 23.4 Å². The van der Waals surface area contributed by atoms with Crippen LogP contribution in [0.4, 0.5) is 13.2 Å². The first kappa shape index (κ1) is 25.7. The van der Waals surface area contributed by atoms with E-state index >= 15 is 0 Å². The van der Waals surface area contributed by atoms with Crippen molar-refractivity contribution in [2.24, 2.45) is 0 Å². The number of carbonyl (C=O) groups excluding carboxylic acids is 2. The first-order valence-corrected chi connectivity index (χ1v) is 11.8. The number of hydrogen-bond donors (Lipinski definition) is 1. The molecule has 0 fully saturated rings. The van der Waals surface area contributed by atoms with Crippen LogP contribution in [0.25, 0.3) is 5.57 Å². The molecule has 176 valence electrons. The molecule has 3 nitrogen and oxygen atoms in total. The summed E-state index contributed by atoms with van der Waals surface area (Å²) in [6.45, 7) is 2.53. The van der Waals surface area contributed by atoms with Crippen LogP contribution in [0.2, 0.25) is 10.0 Å². The minimum Gasteiger partial charge on any atom is -0.347 e.